The molecule has 0 fully saturated rings. The number of aliphatic hydroxyl groups is 1. The van der Waals surface area contributed by atoms with Crippen molar-refractivity contribution in [3.8, 4) is 0 Å². The van der Waals surface area contributed by atoms with Gasteiger partial charge < -0.3 is 15.0 Å². The van der Waals surface area contributed by atoms with Crippen molar-refractivity contribution in [1.29, 1.82) is 0 Å². The van der Waals surface area contributed by atoms with Crippen LogP contribution in [-0.2, 0) is 17.6 Å². The Morgan fingerprint density at radius 1 is 1.71 bits per heavy atom. The van der Waals surface area contributed by atoms with Gasteiger partial charge in [0, 0.05) is 31.1 Å². The first kappa shape index (κ1) is 12.1. The van der Waals surface area contributed by atoms with Crippen LogP contribution in [-0.4, -0.2) is 45.6 Å². The van der Waals surface area contributed by atoms with Crippen molar-refractivity contribution in [2.24, 2.45) is 5.92 Å². The van der Waals surface area contributed by atoms with Crippen molar-refractivity contribution < 1.29 is 9.90 Å². The fraction of sp³-hybridized carbons (Fsp3) is 0.667. The Hall–Kier alpha value is -1.36. The molecule has 5 heteroatoms. The Labute approximate surface area is 101 Å². The summed E-state index contributed by atoms with van der Waals surface area (Å²) in [6, 6.07) is 0. The van der Waals surface area contributed by atoms with Gasteiger partial charge in [0.1, 0.15) is 0 Å². The SMILES string of the molecule is CCN(CCO)C(=O)C1CCc2nc[nH]c2C1. The van der Waals surface area contributed by atoms with Crippen molar-refractivity contribution in [2.75, 3.05) is 19.7 Å². The van der Waals surface area contributed by atoms with E-state index < -0.39 is 0 Å². The smallest absolute Gasteiger partial charge is 0.226 e. The minimum absolute atomic E-state index is 0.0294. The number of nitrogens with one attached hydrogen (secondary N) is 1. The molecule has 2 N–H and O–H groups in total. The number of aryl methyl sites for hydroxylation is 1. The Morgan fingerprint density at radius 2 is 2.53 bits per heavy atom. The van der Waals surface area contributed by atoms with Gasteiger partial charge in [0.15, 0.2) is 0 Å². The number of likely N-dealkylation sites (N-methyl/N-ethyl adjacent to an activating group) is 1. The normalized spacial score (nSPS) is 18.8. The number of aromatic amines is 1. The minimum Gasteiger partial charge on any atom is -0.395 e. The number of amides is 1. The molecule has 94 valence electrons. The molecule has 1 amide bonds. The molecular formula is C12H19N3O2. The molecule has 1 heterocycles. The van der Waals surface area contributed by atoms with E-state index in [4.69, 9.17) is 5.11 Å². The highest BCUT2D eigenvalue weighted by molar-refractivity contribution is 5.79. The minimum atomic E-state index is 0.0294. The summed E-state index contributed by atoms with van der Waals surface area (Å²) in [6.07, 6.45) is 4.17. The highest BCUT2D eigenvalue weighted by atomic mass is 16.3. The van der Waals surface area contributed by atoms with Gasteiger partial charge in [-0.2, -0.15) is 0 Å². The monoisotopic (exact) mass is 237 g/mol. The average Bonchev–Trinajstić information content (AvgIpc) is 2.82. The summed E-state index contributed by atoms with van der Waals surface area (Å²) in [6.45, 7) is 3.06. The first-order chi connectivity index (χ1) is 8.26. The topological polar surface area (TPSA) is 69.2 Å². The van der Waals surface area contributed by atoms with Gasteiger partial charge in [0.25, 0.3) is 0 Å². The molecule has 5 nitrogen and oxygen atoms in total. The van der Waals surface area contributed by atoms with Gasteiger partial charge in [-0.3, -0.25) is 4.79 Å². The molecule has 0 aliphatic heterocycles. The molecular weight excluding hydrogens is 218 g/mol. The molecule has 0 bridgehead atoms. The summed E-state index contributed by atoms with van der Waals surface area (Å²) in [7, 11) is 0. The summed E-state index contributed by atoms with van der Waals surface area (Å²) in [5.74, 6) is 0.191. The number of rotatable bonds is 4. The summed E-state index contributed by atoms with van der Waals surface area (Å²) in [5, 5.41) is 8.93. The number of imidazole rings is 1. The molecule has 0 saturated heterocycles. The molecule has 0 aromatic carbocycles. The third-order valence-corrected chi connectivity index (χ3v) is 3.40. The van der Waals surface area contributed by atoms with Crippen LogP contribution in [0.15, 0.2) is 6.33 Å². The quantitative estimate of drug-likeness (QED) is 0.794. The molecule has 1 aliphatic rings. The lowest BCUT2D eigenvalue weighted by atomic mass is 9.88. The van der Waals surface area contributed by atoms with E-state index in [0.29, 0.717) is 13.1 Å². The standard InChI is InChI=1S/C12H19N3O2/c1-2-15(5-6-16)12(17)9-3-4-10-11(7-9)14-8-13-10/h8-9,16H,2-7H2,1H3,(H,13,14). The van der Waals surface area contributed by atoms with Gasteiger partial charge in [-0.25, -0.2) is 4.98 Å². The lowest BCUT2D eigenvalue weighted by Crippen LogP contribution is -2.39. The number of aromatic nitrogens is 2. The second-order valence-corrected chi connectivity index (χ2v) is 4.41. The number of carbonyl (C=O) groups excluding carboxylic acids is 1. The van der Waals surface area contributed by atoms with Crippen molar-refractivity contribution in [2.45, 2.75) is 26.2 Å². The van der Waals surface area contributed by atoms with Crippen LogP contribution < -0.4 is 0 Å². The molecule has 17 heavy (non-hydrogen) atoms. The number of H-pyrrole nitrogens is 1. The van der Waals surface area contributed by atoms with Crippen molar-refractivity contribution in [1.82, 2.24) is 14.9 Å². The lowest BCUT2D eigenvalue weighted by molar-refractivity contribution is -0.136. The van der Waals surface area contributed by atoms with Crippen molar-refractivity contribution in [3.63, 3.8) is 0 Å². The average molecular weight is 237 g/mol. The molecule has 1 aromatic rings. The van der Waals surface area contributed by atoms with E-state index >= 15 is 0 Å². The van der Waals surface area contributed by atoms with Crippen LogP contribution in [0.3, 0.4) is 0 Å². The molecule has 1 aromatic heterocycles. The van der Waals surface area contributed by atoms with Crippen LogP contribution in [0.25, 0.3) is 0 Å². The highest BCUT2D eigenvalue weighted by Crippen LogP contribution is 2.24. The first-order valence-electron chi connectivity index (χ1n) is 6.17. The third-order valence-electron chi connectivity index (χ3n) is 3.40. The van der Waals surface area contributed by atoms with Crippen LogP contribution in [0.4, 0.5) is 0 Å². The number of nitrogens with zero attached hydrogens (tertiary/aromatic N) is 2. The molecule has 0 saturated carbocycles. The lowest BCUT2D eigenvalue weighted by Gasteiger charge is -2.27. The van der Waals surface area contributed by atoms with E-state index in [1.807, 2.05) is 6.92 Å². The second kappa shape index (κ2) is 5.31. The van der Waals surface area contributed by atoms with E-state index in [1.165, 1.54) is 0 Å². The zero-order valence-corrected chi connectivity index (χ0v) is 10.1. The number of aliphatic hydroxyl groups excluding tert-OH is 1. The first-order valence-corrected chi connectivity index (χ1v) is 6.17. The molecule has 1 aliphatic carbocycles. The van der Waals surface area contributed by atoms with E-state index in [-0.39, 0.29) is 18.4 Å². The predicted molar refractivity (Wildman–Crippen MR) is 63.4 cm³/mol. The van der Waals surface area contributed by atoms with E-state index in [0.717, 1.165) is 30.7 Å². The largest absolute Gasteiger partial charge is 0.395 e. The number of hydrogen-bond donors (Lipinski definition) is 2. The molecule has 0 spiro atoms. The van der Waals surface area contributed by atoms with Gasteiger partial charge in [-0.15, -0.1) is 0 Å². The summed E-state index contributed by atoms with van der Waals surface area (Å²) < 4.78 is 0. The zero-order valence-electron chi connectivity index (χ0n) is 10.1. The maximum atomic E-state index is 12.2. The van der Waals surface area contributed by atoms with Crippen molar-refractivity contribution in [3.05, 3.63) is 17.7 Å². The second-order valence-electron chi connectivity index (χ2n) is 4.41. The molecule has 1 atom stereocenters. The Balaban J connectivity index is 2.02. The fourth-order valence-electron chi connectivity index (χ4n) is 2.41. The van der Waals surface area contributed by atoms with Gasteiger partial charge >= 0.3 is 0 Å². The summed E-state index contributed by atoms with van der Waals surface area (Å²) in [5.41, 5.74) is 2.19. The Kier molecular flexibility index (Phi) is 3.78. The van der Waals surface area contributed by atoms with Gasteiger partial charge in [-0.1, -0.05) is 0 Å². The van der Waals surface area contributed by atoms with E-state index in [9.17, 15) is 4.79 Å². The van der Waals surface area contributed by atoms with E-state index in [1.54, 1.807) is 11.2 Å². The Morgan fingerprint density at radius 3 is 3.24 bits per heavy atom. The number of carbonyl (C=O) groups is 1. The van der Waals surface area contributed by atoms with Gasteiger partial charge in [0.05, 0.1) is 18.6 Å². The summed E-state index contributed by atoms with van der Waals surface area (Å²) >= 11 is 0. The third kappa shape index (κ3) is 2.49. The maximum absolute atomic E-state index is 12.2. The van der Waals surface area contributed by atoms with Crippen molar-refractivity contribution >= 4 is 5.91 Å². The predicted octanol–water partition coefficient (Wildman–Crippen LogP) is 0.355. The Bertz CT molecular complexity index is 389. The van der Waals surface area contributed by atoms with Crippen LogP contribution in [0.5, 0.6) is 0 Å². The number of hydrogen-bond acceptors (Lipinski definition) is 3. The van der Waals surface area contributed by atoms with Crippen LogP contribution in [0.1, 0.15) is 24.7 Å². The molecule has 0 radical (unpaired) electrons. The van der Waals surface area contributed by atoms with Crippen LogP contribution in [0, 0.1) is 5.92 Å². The van der Waals surface area contributed by atoms with Gasteiger partial charge in [0.2, 0.25) is 5.91 Å². The summed E-state index contributed by atoms with van der Waals surface area (Å²) in [4.78, 5) is 21.3. The maximum Gasteiger partial charge on any atom is 0.226 e. The molecule has 2 rings (SSSR count). The van der Waals surface area contributed by atoms with Gasteiger partial charge in [-0.05, 0) is 19.8 Å². The highest BCUT2D eigenvalue weighted by Gasteiger charge is 2.28. The zero-order chi connectivity index (χ0) is 12.3. The molecule has 1 unspecified atom stereocenters. The van der Waals surface area contributed by atoms with E-state index in [2.05, 4.69) is 9.97 Å². The van der Waals surface area contributed by atoms with Crippen LogP contribution in [0.2, 0.25) is 0 Å². The number of fused-ring (bicyclic) bond motifs is 1. The fourth-order valence-corrected chi connectivity index (χ4v) is 2.41. The van der Waals surface area contributed by atoms with Crippen LogP contribution >= 0.6 is 0 Å².